The van der Waals surface area contributed by atoms with Crippen LogP contribution in [0.4, 0.5) is 39.3 Å². The minimum atomic E-state index is -5.31. The third-order valence-corrected chi connectivity index (χ3v) is 16.5. The number of para-hydroxylation sites is 2. The minimum Gasteiger partial charge on any atom is -0.505 e. The molecule has 420 valence electrons. The summed E-state index contributed by atoms with van der Waals surface area (Å²) in [5, 5.41) is 83.5. The number of aromatic nitrogens is 3. The number of imidazole rings is 1. The molecule has 0 amide bonds. The summed E-state index contributed by atoms with van der Waals surface area (Å²) in [4.78, 5) is 8.56. The van der Waals surface area contributed by atoms with Crippen LogP contribution in [0, 0.1) is 18.3 Å². The molecule has 0 atom stereocenters. The summed E-state index contributed by atoms with van der Waals surface area (Å²) in [6, 6.07) is 17.4. The summed E-state index contributed by atoms with van der Waals surface area (Å²) in [5.41, 5.74) is -0.0713. The Hall–Kier alpha value is -7.32. The van der Waals surface area contributed by atoms with Crippen molar-refractivity contribution in [3.05, 3.63) is 77.9 Å². The van der Waals surface area contributed by atoms with E-state index in [9.17, 15) is 59.6 Å². The zero-order valence-corrected chi connectivity index (χ0v) is 45.9. The second kappa shape index (κ2) is 24.6. The van der Waals surface area contributed by atoms with E-state index >= 15 is 0 Å². The lowest BCUT2D eigenvalue weighted by molar-refractivity contribution is -0.432. The van der Waals surface area contributed by atoms with Gasteiger partial charge >= 0.3 is 0 Å². The number of phenolic OH excluding ortho intramolecular Hbond substituents is 1. The van der Waals surface area contributed by atoms with Crippen LogP contribution < -0.4 is 14.4 Å². The molecular weight excluding hydrogens is 1180 g/mol. The number of azo groups is 3. The first-order valence-electron chi connectivity index (χ1n) is 22.3. The highest BCUT2D eigenvalue weighted by Gasteiger charge is 2.28. The highest BCUT2D eigenvalue weighted by molar-refractivity contribution is 7.95. The van der Waals surface area contributed by atoms with Crippen molar-refractivity contribution in [2.45, 2.75) is 34.5 Å². The zero-order valence-electron chi connectivity index (χ0n) is 41.0. The van der Waals surface area contributed by atoms with Crippen LogP contribution >= 0.6 is 35.4 Å². The molecule has 3 heterocycles. The third kappa shape index (κ3) is 12.7. The molecule has 0 unspecified atom stereocenters. The van der Waals surface area contributed by atoms with Crippen LogP contribution in [-0.4, -0.2) is 113 Å². The van der Waals surface area contributed by atoms with Crippen molar-refractivity contribution in [3.8, 4) is 29.2 Å². The van der Waals surface area contributed by atoms with E-state index in [-0.39, 0.29) is 120 Å². The molecule has 0 aliphatic carbocycles. The average Bonchev–Trinajstić information content (AvgIpc) is 4.22. The van der Waals surface area contributed by atoms with Gasteiger partial charge in [-0.15, -0.1) is 39.4 Å². The maximum atomic E-state index is 13.3. The molecule has 0 bridgehead atoms. The number of hydrogen-bond donors (Lipinski definition) is 7. The molecule has 0 radical (unpaired) electrons. The quantitative estimate of drug-likeness (QED) is 0.00738. The number of ether oxygens (including phenoxy) is 2. The molecule has 36 heteroatoms. The molecule has 8 aromatic rings. The third-order valence-electron chi connectivity index (χ3n) is 11.5. The maximum Gasteiger partial charge on any atom is 0.299 e. The lowest BCUT2D eigenvalue weighted by Gasteiger charge is -2.26. The number of hydrogen-bond acceptors (Lipinski definition) is 29. The predicted molar refractivity (Wildman–Crippen MR) is 287 cm³/mol. The topological polar surface area (TPSA) is 431 Å². The monoisotopic (exact) mass is 1220 g/mol. The van der Waals surface area contributed by atoms with E-state index in [1.807, 2.05) is 6.07 Å². The van der Waals surface area contributed by atoms with Crippen molar-refractivity contribution in [1.82, 2.24) is 14.4 Å². The van der Waals surface area contributed by atoms with Crippen LogP contribution in [-0.2, 0) is 49.1 Å². The highest BCUT2D eigenvalue weighted by atomic mass is 32.2. The fraction of sp³-hybridized carbons (Fsp3) is 0.205. The summed E-state index contributed by atoms with van der Waals surface area (Å²) < 4.78 is 127. The van der Waals surface area contributed by atoms with Crippen molar-refractivity contribution in [1.29, 1.82) is 5.26 Å². The molecule has 8 rings (SSSR count). The van der Waals surface area contributed by atoms with E-state index in [0.717, 1.165) is 23.5 Å². The molecular formula is C44H39N11O19S6. The molecule has 7 N–H and O–H groups in total. The number of benzene rings is 5. The summed E-state index contributed by atoms with van der Waals surface area (Å²) >= 11 is 1.64. The standard InChI is InChI=1S/C44H39N11O19S6/c1-22-25(21-45)42-46-26-8-4-5-9-31(26)55(42)43(57)36(22)51-48-28-11-10-23-24(40(28)79(63,64)65)18-35(77-74-72-59)37(38(23)56)52-49-29-20-34(70-3)30(19-32(29)54(14-6-16-75-73-71-58)15-7-17-78(60,61)62)50-53-44-47-27-12-13-33(69-2)41(39(27)76-44)80(66,67)68/h4-5,8-13,18-20,56-59H,6-7,14-17H2,1-3H3,(H,60,61,62)(H,63,64,65)(H,66,67,68). The molecule has 0 aliphatic heterocycles. The fourth-order valence-corrected chi connectivity index (χ4v) is 12.3. The van der Waals surface area contributed by atoms with Crippen molar-refractivity contribution < 1.29 is 87.9 Å². The fourth-order valence-electron chi connectivity index (χ4n) is 8.14. The second-order valence-corrected chi connectivity index (χ2v) is 23.1. The van der Waals surface area contributed by atoms with Crippen LogP contribution in [0.25, 0.3) is 37.7 Å². The Morgan fingerprint density at radius 2 is 1.43 bits per heavy atom. The van der Waals surface area contributed by atoms with Crippen LogP contribution in [0.15, 0.2) is 112 Å². The van der Waals surface area contributed by atoms with E-state index in [4.69, 9.17) is 19.1 Å². The van der Waals surface area contributed by atoms with Gasteiger partial charge in [0.05, 0.1) is 63.8 Å². The second-order valence-electron chi connectivity index (χ2n) is 16.3. The van der Waals surface area contributed by atoms with Crippen LogP contribution in [0.5, 0.6) is 23.1 Å². The van der Waals surface area contributed by atoms with E-state index < -0.39 is 74.3 Å². The highest BCUT2D eigenvalue weighted by Crippen LogP contribution is 2.50. The number of methoxy groups -OCH3 is 2. The number of nitriles is 1. The predicted octanol–water partition coefficient (Wildman–Crippen LogP) is 10.6. The maximum absolute atomic E-state index is 13.3. The summed E-state index contributed by atoms with van der Waals surface area (Å²) in [5.74, 6) is -2.03. The lowest BCUT2D eigenvalue weighted by Crippen LogP contribution is -2.27. The molecule has 80 heavy (non-hydrogen) atoms. The number of nitrogens with zero attached hydrogens (tertiary/aromatic N) is 11. The van der Waals surface area contributed by atoms with E-state index in [0.29, 0.717) is 23.1 Å². The van der Waals surface area contributed by atoms with Crippen LogP contribution in [0.2, 0.25) is 0 Å². The van der Waals surface area contributed by atoms with Gasteiger partial charge in [0.25, 0.3) is 30.4 Å². The van der Waals surface area contributed by atoms with Gasteiger partial charge in [-0.1, -0.05) is 33.5 Å². The summed E-state index contributed by atoms with van der Waals surface area (Å²) in [7, 11) is -12.1. The Morgan fingerprint density at radius 3 is 2.11 bits per heavy atom. The van der Waals surface area contributed by atoms with E-state index in [1.165, 1.54) is 55.9 Å². The first kappa shape index (κ1) is 58.8. The number of fused-ring (bicyclic) bond motifs is 5. The number of aromatic hydroxyl groups is 2. The largest absolute Gasteiger partial charge is 0.505 e. The van der Waals surface area contributed by atoms with Crippen molar-refractivity contribution in [2.24, 2.45) is 30.7 Å². The number of phenols is 1. The average molecular weight is 1220 g/mol. The normalized spacial score (nSPS) is 12.6. The van der Waals surface area contributed by atoms with E-state index in [2.05, 4.69) is 55.1 Å². The Labute approximate surface area is 463 Å². The molecule has 0 saturated heterocycles. The molecule has 0 fully saturated rings. The van der Waals surface area contributed by atoms with Crippen LogP contribution in [0.3, 0.4) is 0 Å². The van der Waals surface area contributed by atoms with E-state index in [1.54, 1.807) is 29.2 Å². The summed E-state index contributed by atoms with van der Waals surface area (Å²) in [6.07, 6.45) is 0.0692. The molecule has 0 aliphatic rings. The van der Waals surface area contributed by atoms with Gasteiger partial charge in [-0.05, 0) is 68.3 Å². The molecule has 3 aromatic heterocycles. The Bertz CT molecular complexity index is 4210. The lowest BCUT2D eigenvalue weighted by atomic mass is 10.1. The molecule has 5 aromatic carbocycles. The van der Waals surface area contributed by atoms with Gasteiger partial charge in [0.2, 0.25) is 11.0 Å². The van der Waals surface area contributed by atoms with Crippen molar-refractivity contribution in [2.75, 3.05) is 43.7 Å². The van der Waals surface area contributed by atoms with Gasteiger partial charge in [0.15, 0.2) is 22.0 Å². The van der Waals surface area contributed by atoms with Gasteiger partial charge < -0.3 is 24.6 Å². The first-order valence-corrected chi connectivity index (χ1v) is 29.3. The summed E-state index contributed by atoms with van der Waals surface area (Å²) in [6.45, 7) is 1.41. The Kier molecular flexibility index (Phi) is 18.1. The van der Waals surface area contributed by atoms with Crippen molar-refractivity contribution >= 4 is 143 Å². The SMILES string of the molecule is COc1cc(N=Nc2c(SOOO)cc3c(S(=O)(=O)O)c(N=Nc4c(C)c(C#N)c5nc6ccccc6n5c4O)ccc3c2O)c(N(CCCSOOO)CCCS(=O)(=O)O)cc1N=Nc1nc2ccc(OC)c(S(=O)(=O)O)c2s1. The minimum absolute atomic E-state index is 0.00525. The van der Waals surface area contributed by atoms with Crippen molar-refractivity contribution in [3.63, 3.8) is 0 Å². The zero-order chi connectivity index (χ0) is 57.7. The molecule has 30 nitrogen and oxygen atoms in total. The number of rotatable bonds is 24. The van der Waals surface area contributed by atoms with Gasteiger partial charge in [0, 0.05) is 53.3 Å². The van der Waals surface area contributed by atoms with Gasteiger partial charge in [-0.2, -0.15) is 30.5 Å². The van der Waals surface area contributed by atoms with Gasteiger partial charge in [-0.25, -0.2) is 20.5 Å². The van der Waals surface area contributed by atoms with Gasteiger partial charge in [-0.3, -0.25) is 18.1 Å². The van der Waals surface area contributed by atoms with Crippen LogP contribution in [0.1, 0.15) is 24.0 Å². The smallest absolute Gasteiger partial charge is 0.299 e. The Morgan fingerprint density at radius 1 is 0.738 bits per heavy atom. The number of pyridine rings is 1. The Balaban J connectivity index is 1.27. The first-order chi connectivity index (χ1) is 38.1. The van der Waals surface area contributed by atoms with Gasteiger partial charge in [0.1, 0.15) is 50.8 Å². The number of thiazole rings is 1. The molecule has 0 spiro atoms. The molecule has 0 saturated carbocycles. The number of anilines is 1.